The Labute approximate surface area is 99.1 Å². The first-order chi connectivity index (χ1) is 8.00. The van der Waals surface area contributed by atoms with Crippen LogP contribution in [0.2, 0.25) is 0 Å². The molecular formula is C11H15N3O3. The topological polar surface area (TPSA) is 91.3 Å². The molecule has 92 valence electrons. The number of amides is 2. The predicted molar refractivity (Wildman–Crippen MR) is 61.5 cm³/mol. The van der Waals surface area contributed by atoms with E-state index in [-0.39, 0.29) is 29.8 Å². The number of carbonyl (C=O) groups is 2. The van der Waals surface area contributed by atoms with Crippen molar-refractivity contribution in [3.8, 4) is 5.75 Å². The van der Waals surface area contributed by atoms with E-state index in [4.69, 9.17) is 0 Å². The molecule has 0 fully saturated rings. The summed E-state index contributed by atoms with van der Waals surface area (Å²) in [6.07, 6.45) is 2.56. The number of nitrogens with zero attached hydrogens (tertiary/aromatic N) is 1. The minimum absolute atomic E-state index is 0.0220. The molecule has 0 atom stereocenters. The maximum absolute atomic E-state index is 11.6. The van der Waals surface area contributed by atoms with Crippen molar-refractivity contribution in [1.82, 2.24) is 15.6 Å². The highest BCUT2D eigenvalue weighted by molar-refractivity contribution is 5.98. The lowest BCUT2D eigenvalue weighted by Crippen LogP contribution is -2.39. The van der Waals surface area contributed by atoms with Crippen LogP contribution in [-0.4, -0.2) is 34.5 Å². The van der Waals surface area contributed by atoms with E-state index in [2.05, 4.69) is 15.6 Å². The molecular weight excluding hydrogens is 222 g/mol. The standard InChI is InChI=1S/C11H15N3O3/c1-7(2)14-10(16)6-13-11(17)8-3-4-12-5-9(8)15/h3-5,7,15H,6H2,1-2H3,(H,13,17)(H,14,16). The molecule has 17 heavy (non-hydrogen) atoms. The van der Waals surface area contributed by atoms with E-state index in [1.54, 1.807) is 0 Å². The van der Waals surface area contributed by atoms with Gasteiger partial charge < -0.3 is 15.7 Å². The quantitative estimate of drug-likeness (QED) is 0.689. The molecule has 2 amide bonds. The third kappa shape index (κ3) is 4.10. The molecule has 0 saturated heterocycles. The molecule has 6 heteroatoms. The van der Waals surface area contributed by atoms with Gasteiger partial charge in [-0.25, -0.2) is 0 Å². The molecule has 0 saturated carbocycles. The Kier molecular flexibility index (Phi) is 4.45. The van der Waals surface area contributed by atoms with Crippen LogP contribution in [0.3, 0.4) is 0 Å². The van der Waals surface area contributed by atoms with Crippen LogP contribution in [0.1, 0.15) is 24.2 Å². The average Bonchev–Trinajstić information content (AvgIpc) is 2.25. The second-order valence-electron chi connectivity index (χ2n) is 3.80. The molecule has 0 aliphatic rings. The lowest BCUT2D eigenvalue weighted by Gasteiger charge is -2.09. The zero-order valence-corrected chi connectivity index (χ0v) is 9.73. The number of carbonyl (C=O) groups excluding carboxylic acids is 2. The predicted octanol–water partition coefficient (Wildman–Crippen LogP) is 0.0416. The van der Waals surface area contributed by atoms with Crippen LogP contribution in [0.15, 0.2) is 18.5 Å². The van der Waals surface area contributed by atoms with Gasteiger partial charge in [0.15, 0.2) is 0 Å². The number of aromatic hydroxyl groups is 1. The van der Waals surface area contributed by atoms with Gasteiger partial charge in [-0.05, 0) is 19.9 Å². The van der Waals surface area contributed by atoms with Gasteiger partial charge in [0.25, 0.3) is 5.91 Å². The van der Waals surface area contributed by atoms with Gasteiger partial charge in [0.05, 0.1) is 18.3 Å². The normalized spacial score (nSPS) is 10.1. The molecule has 0 radical (unpaired) electrons. The molecule has 1 heterocycles. The molecule has 0 unspecified atom stereocenters. The van der Waals surface area contributed by atoms with Crippen molar-refractivity contribution in [2.45, 2.75) is 19.9 Å². The SMILES string of the molecule is CC(C)NC(=O)CNC(=O)c1ccncc1O. The maximum atomic E-state index is 11.6. The number of aromatic nitrogens is 1. The number of nitrogens with one attached hydrogen (secondary N) is 2. The molecule has 3 N–H and O–H groups in total. The van der Waals surface area contributed by atoms with Gasteiger partial charge >= 0.3 is 0 Å². The molecule has 0 aromatic carbocycles. The van der Waals surface area contributed by atoms with E-state index >= 15 is 0 Å². The van der Waals surface area contributed by atoms with Crippen molar-refractivity contribution in [2.24, 2.45) is 0 Å². The summed E-state index contributed by atoms with van der Waals surface area (Å²) in [5.41, 5.74) is 0.0948. The van der Waals surface area contributed by atoms with Crippen molar-refractivity contribution < 1.29 is 14.7 Å². The first-order valence-electron chi connectivity index (χ1n) is 5.21. The Morgan fingerprint density at radius 3 is 2.76 bits per heavy atom. The fraction of sp³-hybridized carbons (Fsp3) is 0.364. The molecule has 0 aliphatic heterocycles. The summed E-state index contributed by atoms with van der Waals surface area (Å²) in [5, 5.41) is 14.4. The zero-order valence-electron chi connectivity index (χ0n) is 9.73. The van der Waals surface area contributed by atoms with Gasteiger partial charge in [0, 0.05) is 12.2 Å². The van der Waals surface area contributed by atoms with E-state index in [9.17, 15) is 14.7 Å². The Morgan fingerprint density at radius 2 is 2.18 bits per heavy atom. The van der Waals surface area contributed by atoms with E-state index in [1.807, 2.05) is 13.8 Å². The summed E-state index contributed by atoms with van der Waals surface area (Å²) in [6.45, 7) is 3.53. The van der Waals surface area contributed by atoms with Gasteiger partial charge in [-0.2, -0.15) is 0 Å². The van der Waals surface area contributed by atoms with Crippen molar-refractivity contribution in [2.75, 3.05) is 6.54 Å². The van der Waals surface area contributed by atoms with Crippen molar-refractivity contribution in [3.05, 3.63) is 24.0 Å². The van der Waals surface area contributed by atoms with Crippen molar-refractivity contribution in [1.29, 1.82) is 0 Å². The van der Waals surface area contributed by atoms with Gasteiger partial charge in [-0.3, -0.25) is 14.6 Å². The highest BCUT2D eigenvalue weighted by atomic mass is 16.3. The van der Waals surface area contributed by atoms with Gasteiger partial charge in [-0.15, -0.1) is 0 Å². The third-order valence-electron chi connectivity index (χ3n) is 1.90. The zero-order chi connectivity index (χ0) is 12.8. The second kappa shape index (κ2) is 5.83. The Hall–Kier alpha value is -2.11. The fourth-order valence-corrected chi connectivity index (χ4v) is 1.21. The summed E-state index contributed by atoms with van der Waals surface area (Å²) >= 11 is 0. The Morgan fingerprint density at radius 1 is 1.47 bits per heavy atom. The maximum Gasteiger partial charge on any atom is 0.255 e. The fourth-order valence-electron chi connectivity index (χ4n) is 1.21. The summed E-state index contributed by atoms with van der Waals surface area (Å²) in [6, 6.07) is 1.40. The molecule has 1 aromatic heterocycles. The molecule has 1 rings (SSSR count). The van der Waals surface area contributed by atoms with Gasteiger partial charge in [0.1, 0.15) is 5.75 Å². The second-order valence-corrected chi connectivity index (χ2v) is 3.80. The first-order valence-corrected chi connectivity index (χ1v) is 5.21. The smallest absolute Gasteiger partial charge is 0.255 e. The van der Waals surface area contributed by atoms with E-state index in [0.717, 1.165) is 0 Å². The van der Waals surface area contributed by atoms with E-state index < -0.39 is 5.91 Å². The number of pyridine rings is 1. The lowest BCUT2D eigenvalue weighted by molar-refractivity contribution is -0.120. The monoisotopic (exact) mass is 237 g/mol. The molecule has 1 aromatic rings. The minimum atomic E-state index is -0.510. The minimum Gasteiger partial charge on any atom is -0.505 e. The lowest BCUT2D eigenvalue weighted by atomic mass is 10.2. The van der Waals surface area contributed by atoms with Crippen LogP contribution in [0.5, 0.6) is 5.75 Å². The van der Waals surface area contributed by atoms with E-state index in [1.165, 1.54) is 18.5 Å². The summed E-state index contributed by atoms with van der Waals surface area (Å²) in [7, 11) is 0. The molecule has 0 spiro atoms. The van der Waals surface area contributed by atoms with Crippen LogP contribution in [0.25, 0.3) is 0 Å². The summed E-state index contributed by atoms with van der Waals surface area (Å²) < 4.78 is 0. The molecule has 0 bridgehead atoms. The highest BCUT2D eigenvalue weighted by Crippen LogP contribution is 2.12. The number of hydrogen-bond acceptors (Lipinski definition) is 4. The molecule has 0 aliphatic carbocycles. The van der Waals surface area contributed by atoms with Crippen LogP contribution in [-0.2, 0) is 4.79 Å². The first kappa shape index (κ1) is 13.0. The van der Waals surface area contributed by atoms with Crippen LogP contribution < -0.4 is 10.6 Å². The van der Waals surface area contributed by atoms with Gasteiger partial charge in [0.2, 0.25) is 5.91 Å². The largest absolute Gasteiger partial charge is 0.505 e. The number of rotatable bonds is 4. The number of hydrogen-bond donors (Lipinski definition) is 3. The van der Waals surface area contributed by atoms with Crippen molar-refractivity contribution in [3.63, 3.8) is 0 Å². The average molecular weight is 237 g/mol. The summed E-state index contributed by atoms with van der Waals surface area (Å²) in [5.74, 6) is -1.00. The third-order valence-corrected chi connectivity index (χ3v) is 1.90. The molecule has 6 nitrogen and oxygen atoms in total. The van der Waals surface area contributed by atoms with Crippen LogP contribution in [0, 0.1) is 0 Å². The van der Waals surface area contributed by atoms with Crippen LogP contribution in [0.4, 0.5) is 0 Å². The van der Waals surface area contributed by atoms with Gasteiger partial charge in [-0.1, -0.05) is 0 Å². The van der Waals surface area contributed by atoms with Crippen LogP contribution >= 0.6 is 0 Å². The Bertz CT molecular complexity index is 418. The van der Waals surface area contributed by atoms with Crippen molar-refractivity contribution >= 4 is 11.8 Å². The highest BCUT2D eigenvalue weighted by Gasteiger charge is 2.11. The van der Waals surface area contributed by atoms with E-state index in [0.29, 0.717) is 0 Å². The summed E-state index contributed by atoms with van der Waals surface area (Å²) in [4.78, 5) is 26.5. The Balaban J connectivity index is 2.51.